The Hall–Kier alpha value is -0.930. The molecule has 0 radical (unpaired) electrons. The maximum Gasteiger partial charge on any atom is 0.123 e. The number of halogens is 1. The van der Waals surface area contributed by atoms with Gasteiger partial charge >= 0.3 is 0 Å². The Labute approximate surface area is 95.5 Å². The van der Waals surface area contributed by atoms with Crippen molar-refractivity contribution in [2.45, 2.75) is 44.4 Å². The van der Waals surface area contributed by atoms with Crippen molar-refractivity contribution in [3.05, 3.63) is 35.6 Å². The summed E-state index contributed by atoms with van der Waals surface area (Å²) in [5.41, 5.74) is 0.930. The van der Waals surface area contributed by atoms with Gasteiger partial charge in [-0.05, 0) is 43.9 Å². The number of hydrogen-bond donors (Lipinski definition) is 2. The lowest BCUT2D eigenvalue weighted by Gasteiger charge is -2.22. The number of aliphatic hydroxyl groups is 1. The quantitative estimate of drug-likeness (QED) is 0.824. The Morgan fingerprint density at radius 2 is 2.25 bits per heavy atom. The van der Waals surface area contributed by atoms with Crippen molar-refractivity contribution in [2.24, 2.45) is 0 Å². The smallest absolute Gasteiger partial charge is 0.123 e. The summed E-state index contributed by atoms with van der Waals surface area (Å²) in [7, 11) is 0. The highest BCUT2D eigenvalue weighted by Gasteiger charge is 2.26. The van der Waals surface area contributed by atoms with Crippen molar-refractivity contribution in [2.75, 3.05) is 0 Å². The van der Waals surface area contributed by atoms with Crippen molar-refractivity contribution in [1.82, 2.24) is 5.32 Å². The molecule has 3 atom stereocenters. The van der Waals surface area contributed by atoms with Crippen LogP contribution < -0.4 is 5.32 Å². The normalized spacial score (nSPS) is 26.9. The van der Waals surface area contributed by atoms with Crippen LogP contribution in [0.2, 0.25) is 0 Å². The molecular formula is C13H18FNO. The van der Waals surface area contributed by atoms with E-state index in [-0.39, 0.29) is 24.0 Å². The molecule has 0 aromatic heterocycles. The highest BCUT2D eigenvalue weighted by molar-refractivity contribution is 5.19. The van der Waals surface area contributed by atoms with E-state index in [9.17, 15) is 9.50 Å². The molecule has 1 aliphatic rings. The molecule has 0 aliphatic heterocycles. The largest absolute Gasteiger partial charge is 0.392 e. The van der Waals surface area contributed by atoms with Crippen LogP contribution >= 0.6 is 0 Å². The molecule has 1 aromatic carbocycles. The van der Waals surface area contributed by atoms with Crippen LogP contribution in [-0.2, 0) is 0 Å². The topological polar surface area (TPSA) is 32.3 Å². The van der Waals surface area contributed by atoms with Crippen LogP contribution in [-0.4, -0.2) is 17.3 Å². The standard InChI is InChI=1S/C13H18FNO/c1-9(10-4-2-5-11(14)8-10)15-12-6-3-7-13(12)16/h2,4-5,8-9,12-13,15-16H,3,6-7H2,1H3/t9-,12?,13?/m0/s1. The van der Waals surface area contributed by atoms with Crippen molar-refractivity contribution >= 4 is 0 Å². The average Bonchev–Trinajstić information content (AvgIpc) is 2.64. The monoisotopic (exact) mass is 223 g/mol. The molecule has 1 saturated carbocycles. The molecule has 0 heterocycles. The molecule has 2 N–H and O–H groups in total. The summed E-state index contributed by atoms with van der Waals surface area (Å²) in [5, 5.41) is 13.1. The number of rotatable bonds is 3. The van der Waals surface area contributed by atoms with Gasteiger partial charge in [0, 0.05) is 12.1 Å². The SMILES string of the molecule is C[C@H](NC1CCCC1O)c1cccc(F)c1. The maximum absolute atomic E-state index is 13.0. The first-order chi connectivity index (χ1) is 7.66. The van der Waals surface area contributed by atoms with E-state index < -0.39 is 0 Å². The molecule has 88 valence electrons. The molecule has 2 rings (SSSR count). The Morgan fingerprint density at radius 3 is 2.88 bits per heavy atom. The Bertz CT molecular complexity index is 356. The number of hydrogen-bond acceptors (Lipinski definition) is 2. The summed E-state index contributed by atoms with van der Waals surface area (Å²) in [6.45, 7) is 2.00. The molecule has 0 saturated heterocycles. The van der Waals surface area contributed by atoms with Gasteiger partial charge in [0.2, 0.25) is 0 Å². The minimum absolute atomic E-state index is 0.0773. The minimum Gasteiger partial charge on any atom is -0.392 e. The van der Waals surface area contributed by atoms with E-state index >= 15 is 0 Å². The molecule has 0 amide bonds. The van der Waals surface area contributed by atoms with E-state index in [1.807, 2.05) is 13.0 Å². The van der Waals surface area contributed by atoms with Crippen LogP contribution in [0.25, 0.3) is 0 Å². The Balaban J connectivity index is 1.99. The van der Waals surface area contributed by atoms with Gasteiger partial charge in [0.05, 0.1) is 6.10 Å². The van der Waals surface area contributed by atoms with Gasteiger partial charge in [-0.1, -0.05) is 12.1 Å². The van der Waals surface area contributed by atoms with Gasteiger partial charge in [0.1, 0.15) is 5.82 Å². The summed E-state index contributed by atoms with van der Waals surface area (Å²) in [5.74, 6) is -0.210. The molecule has 3 heteroatoms. The summed E-state index contributed by atoms with van der Waals surface area (Å²) < 4.78 is 13.0. The highest BCUT2D eigenvalue weighted by Crippen LogP contribution is 2.22. The molecule has 1 aliphatic carbocycles. The highest BCUT2D eigenvalue weighted by atomic mass is 19.1. The third kappa shape index (κ3) is 2.60. The minimum atomic E-state index is -0.254. The van der Waals surface area contributed by atoms with Gasteiger partial charge in [0.25, 0.3) is 0 Å². The van der Waals surface area contributed by atoms with Crippen LogP contribution in [0.3, 0.4) is 0 Å². The molecule has 0 spiro atoms. The second-order valence-corrected chi connectivity index (χ2v) is 4.55. The Morgan fingerprint density at radius 1 is 1.44 bits per heavy atom. The predicted octanol–water partition coefficient (Wildman–Crippen LogP) is 2.39. The third-order valence-corrected chi connectivity index (χ3v) is 3.29. The van der Waals surface area contributed by atoms with Crippen molar-refractivity contribution in [3.63, 3.8) is 0 Å². The van der Waals surface area contributed by atoms with E-state index in [2.05, 4.69) is 5.32 Å². The van der Waals surface area contributed by atoms with Crippen molar-refractivity contribution in [3.8, 4) is 0 Å². The lowest BCUT2D eigenvalue weighted by Crippen LogP contribution is -2.37. The van der Waals surface area contributed by atoms with Gasteiger partial charge < -0.3 is 10.4 Å². The van der Waals surface area contributed by atoms with Crippen molar-refractivity contribution in [1.29, 1.82) is 0 Å². The van der Waals surface area contributed by atoms with E-state index in [4.69, 9.17) is 0 Å². The number of aliphatic hydroxyl groups excluding tert-OH is 1. The van der Waals surface area contributed by atoms with Crippen LogP contribution in [0.4, 0.5) is 4.39 Å². The number of nitrogens with one attached hydrogen (secondary N) is 1. The predicted molar refractivity (Wildman–Crippen MR) is 61.6 cm³/mol. The molecule has 0 bridgehead atoms. The van der Waals surface area contributed by atoms with Gasteiger partial charge in [-0.25, -0.2) is 4.39 Å². The lowest BCUT2D eigenvalue weighted by molar-refractivity contribution is 0.144. The lowest BCUT2D eigenvalue weighted by atomic mass is 10.1. The molecule has 2 unspecified atom stereocenters. The fraction of sp³-hybridized carbons (Fsp3) is 0.538. The fourth-order valence-corrected chi connectivity index (χ4v) is 2.33. The second kappa shape index (κ2) is 4.93. The van der Waals surface area contributed by atoms with E-state index in [1.165, 1.54) is 6.07 Å². The first-order valence-corrected chi connectivity index (χ1v) is 5.86. The molecular weight excluding hydrogens is 205 g/mol. The zero-order chi connectivity index (χ0) is 11.5. The van der Waals surface area contributed by atoms with Crippen LogP contribution in [0.5, 0.6) is 0 Å². The molecule has 16 heavy (non-hydrogen) atoms. The first-order valence-electron chi connectivity index (χ1n) is 5.86. The van der Waals surface area contributed by atoms with Gasteiger partial charge in [-0.15, -0.1) is 0 Å². The summed E-state index contributed by atoms with van der Waals surface area (Å²) in [6.07, 6.45) is 2.68. The zero-order valence-electron chi connectivity index (χ0n) is 9.49. The molecule has 1 fully saturated rings. The van der Waals surface area contributed by atoms with E-state index in [0.717, 1.165) is 24.8 Å². The second-order valence-electron chi connectivity index (χ2n) is 4.55. The Kier molecular flexibility index (Phi) is 3.56. The van der Waals surface area contributed by atoms with Crippen LogP contribution in [0, 0.1) is 5.82 Å². The van der Waals surface area contributed by atoms with Gasteiger partial charge in [-0.3, -0.25) is 0 Å². The zero-order valence-corrected chi connectivity index (χ0v) is 9.49. The average molecular weight is 223 g/mol. The third-order valence-electron chi connectivity index (χ3n) is 3.29. The fourth-order valence-electron chi connectivity index (χ4n) is 2.33. The maximum atomic E-state index is 13.0. The van der Waals surface area contributed by atoms with E-state index in [1.54, 1.807) is 12.1 Å². The van der Waals surface area contributed by atoms with E-state index in [0.29, 0.717) is 0 Å². The first kappa shape index (κ1) is 11.6. The van der Waals surface area contributed by atoms with Crippen LogP contribution in [0.1, 0.15) is 37.8 Å². The summed E-state index contributed by atoms with van der Waals surface area (Å²) >= 11 is 0. The van der Waals surface area contributed by atoms with Gasteiger partial charge in [0.15, 0.2) is 0 Å². The molecule has 1 aromatic rings. The molecule has 2 nitrogen and oxygen atoms in total. The summed E-state index contributed by atoms with van der Waals surface area (Å²) in [6, 6.07) is 6.84. The van der Waals surface area contributed by atoms with Crippen LogP contribution in [0.15, 0.2) is 24.3 Å². The van der Waals surface area contributed by atoms with Gasteiger partial charge in [-0.2, -0.15) is 0 Å². The number of benzene rings is 1. The van der Waals surface area contributed by atoms with Crippen molar-refractivity contribution < 1.29 is 9.50 Å². The summed E-state index contributed by atoms with van der Waals surface area (Å²) in [4.78, 5) is 0.